The first-order chi connectivity index (χ1) is 17.4. The number of hydrogen-bond acceptors (Lipinski definition) is 5. The molecule has 0 saturated carbocycles. The quantitative estimate of drug-likeness (QED) is 0.459. The van der Waals surface area contributed by atoms with Crippen LogP contribution in [0.3, 0.4) is 0 Å². The third-order valence-corrected chi connectivity index (χ3v) is 6.85. The Hall–Kier alpha value is -3.33. The van der Waals surface area contributed by atoms with Crippen molar-refractivity contribution in [1.29, 1.82) is 0 Å². The number of unbranched alkanes of at least 4 members (excludes halogenated alkanes) is 1. The topological polar surface area (TPSA) is 57.7 Å². The second-order valence-corrected chi connectivity index (χ2v) is 9.27. The molecule has 0 radical (unpaired) electrons. The van der Waals surface area contributed by atoms with Crippen LogP contribution in [0.15, 0.2) is 48.5 Å². The lowest BCUT2D eigenvalue weighted by atomic mass is 10.0. The average Bonchev–Trinajstić information content (AvgIpc) is 2.87. The summed E-state index contributed by atoms with van der Waals surface area (Å²) in [6, 6.07) is 13.5. The fourth-order valence-electron chi connectivity index (χ4n) is 4.95. The van der Waals surface area contributed by atoms with E-state index in [9.17, 15) is 18.0 Å². The average molecular weight is 499 g/mol. The lowest BCUT2D eigenvalue weighted by Crippen LogP contribution is -2.46. The molecular formula is C27H29F3N4O2. The largest absolute Gasteiger partial charge is 0.478 e. The Bertz CT molecular complexity index is 1230. The van der Waals surface area contributed by atoms with Crippen LogP contribution in [0.4, 0.5) is 24.7 Å². The number of carbonyl (C=O) groups is 1. The number of rotatable bonds is 7. The Kier molecular flexibility index (Phi) is 7.00. The van der Waals surface area contributed by atoms with Crippen LogP contribution >= 0.6 is 0 Å². The van der Waals surface area contributed by atoms with Crippen molar-refractivity contribution in [2.75, 3.05) is 49.5 Å². The minimum atomic E-state index is -4.39. The van der Waals surface area contributed by atoms with Crippen molar-refractivity contribution in [1.82, 2.24) is 9.88 Å². The number of alkyl halides is 3. The Morgan fingerprint density at radius 1 is 0.944 bits per heavy atom. The third-order valence-electron chi connectivity index (χ3n) is 6.85. The number of piperazine rings is 1. The predicted molar refractivity (Wildman–Crippen MR) is 134 cm³/mol. The van der Waals surface area contributed by atoms with Crippen LogP contribution in [-0.2, 0) is 17.4 Å². The normalized spacial score (nSPS) is 16.6. The summed E-state index contributed by atoms with van der Waals surface area (Å²) < 4.78 is 46.8. The Morgan fingerprint density at radius 3 is 2.50 bits per heavy atom. The number of aryl methyl sites for hydroxylation is 1. The Labute approximate surface area is 208 Å². The number of pyridine rings is 1. The number of hydrogen-bond donors (Lipinski definition) is 1. The molecule has 0 atom stereocenters. The number of anilines is 2. The van der Waals surface area contributed by atoms with E-state index in [1.165, 1.54) is 12.1 Å². The number of aromatic nitrogens is 1. The SMILES string of the molecule is O=C1CCc2ccc(OCCCCN3CCN(c4cccc5cccc(C(F)(F)F)c45)CC3)nc2N1. The van der Waals surface area contributed by atoms with Crippen LogP contribution in [-0.4, -0.2) is 55.1 Å². The van der Waals surface area contributed by atoms with Gasteiger partial charge in [0.1, 0.15) is 5.82 Å². The van der Waals surface area contributed by atoms with Gasteiger partial charge in [-0.25, -0.2) is 0 Å². The van der Waals surface area contributed by atoms with Gasteiger partial charge in [-0.3, -0.25) is 9.69 Å². The van der Waals surface area contributed by atoms with E-state index in [-0.39, 0.29) is 11.3 Å². The first-order valence-corrected chi connectivity index (χ1v) is 12.4. The molecule has 3 aromatic rings. The van der Waals surface area contributed by atoms with Crippen LogP contribution in [0.5, 0.6) is 5.88 Å². The van der Waals surface area contributed by atoms with E-state index in [4.69, 9.17) is 4.74 Å². The summed E-state index contributed by atoms with van der Waals surface area (Å²) in [7, 11) is 0. The van der Waals surface area contributed by atoms with Gasteiger partial charge in [0.05, 0.1) is 12.2 Å². The van der Waals surface area contributed by atoms with Crippen molar-refractivity contribution in [3.8, 4) is 5.88 Å². The van der Waals surface area contributed by atoms with Crippen LogP contribution < -0.4 is 15.0 Å². The third kappa shape index (κ3) is 5.41. The van der Waals surface area contributed by atoms with Crippen molar-refractivity contribution in [2.45, 2.75) is 31.9 Å². The molecule has 5 rings (SSSR count). The summed E-state index contributed by atoms with van der Waals surface area (Å²) in [5.74, 6) is 1.08. The first-order valence-electron chi connectivity index (χ1n) is 12.4. The van der Waals surface area contributed by atoms with Gasteiger partial charge in [-0.15, -0.1) is 0 Å². The molecule has 6 nitrogen and oxygen atoms in total. The smallest absolute Gasteiger partial charge is 0.417 e. The highest BCUT2D eigenvalue weighted by molar-refractivity contribution is 5.97. The number of halogens is 3. The van der Waals surface area contributed by atoms with Gasteiger partial charge in [-0.1, -0.05) is 24.3 Å². The maximum atomic E-state index is 13.7. The molecule has 0 aliphatic carbocycles. The Balaban J connectivity index is 1.10. The number of carbonyl (C=O) groups excluding carboxylic acids is 1. The number of benzene rings is 2. The van der Waals surface area contributed by atoms with E-state index in [0.29, 0.717) is 55.3 Å². The van der Waals surface area contributed by atoms with E-state index >= 15 is 0 Å². The molecule has 2 aromatic carbocycles. The zero-order valence-corrected chi connectivity index (χ0v) is 20.0. The van der Waals surface area contributed by atoms with Gasteiger partial charge in [-0.2, -0.15) is 18.2 Å². The summed E-state index contributed by atoms with van der Waals surface area (Å²) in [6.45, 7) is 4.43. The molecule has 1 saturated heterocycles. The van der Waals surface area contributed by atoms with Crippen molar-refractivity contribution in [3.05, 3.63) is 59.7 Å². The lowest BCUT2D eigenvalue weighted by molar-refractivity contribution is -0.136. The van der Waals surface area contributed by atoms with Crippen molar-refractivity contribution in [3.63, 3.8) is 0 Å². The van der Waals surface area contributed by atoms with E-state index in [0.717, 1.165) is 38.0 Å². The number of ether oxygens (including phenoxy) is 1. The first kappa shape index (κ1) is 24.4. The number of nitrogens with zero attached hydrogens (tertiary/aromatic N) is 3. The zero-order chi connectivity index (χ0) is 25.1. The second kappa shape index (κ2) is 10.3. The minimum Gasteiger partial charge on any atom is -0.478 e. The summed E-state index contributed by atoms with van der Waals surface area (Å²) in [4.78, 5) is 20.4. The van der Waals surface area contributed by atoms with Gasteiger partial charge in [0.2, 0.25) is 11.8 Å². The number of fused-ring (bicyclic) bond motifs is 2. The zero-order valence-electron chi connectivity index (χ0n) is 20.0. The molecular weight excluding hydrogens is 469 g/mol. The molecule has 2 aliphatic heterocycles. The van der Waals surface area contributed by atoms with E-state index in [1.54, 1.807) is 18.2 Å². The molecule has 1 N–H and O–H groups in total. The van der Waals surface area contributed by atoms with E-state index < -0.39 is 11.7 Å². The molecule has 36 heavy (non-hydrogen) atoms. The van der Waals surface area contributed by atoms with E-state index in [1.807, 2.05) is 18.2 Å². The molecule has 3 heterocycles. The van der Waals surface area contributed by atoms with Crippen molar-refractivity contribution < 1.29 is 22.7 Å². The van der Waals surface area contributed by atoms with Gasteiger partial charge in [-0.05, 0) is 55.0 Å². The van der Waals surface area contributed by atoms with Gasteiger partial charge in [0.15, 0.2) is 0 Å². The van der Waals surface area contributed by atoms with Crippen LogP contribution in [0.2, 0.25) is 0 Å². The number of amides is 1. The lowest BCUT2D eigenvalue weighted by Gasteiger charge is -2.37. The van der Waals surface area contributed by atoms with Gasteiger partial charge < -0.3 is 15.0 Å². The highest BCUT2D eigenvalue weighted by Gasteiger charge is 2.34. The highest BCUT2D eigenvalue weighted by Crippen LogP contribution is 2.39. The molecule has 1 aromatic heterocycles. The van der Waals surface area contributed by atoms with Crippen molar-refractivity contribution >= 4 is 28.2 Å². The maximum absolute atomic E-state index is 13.7. The molecule has 1 amide bonds. The fourth-order valence-corrected chi connectivity index (χ4v) is 4.95. The standard InChI is InChI=1S/C27H29F3N4O2/c28-27(29,30)21-7-3-5-19-6-4-8-22(25(19)21)34-16-14-33(15-17-34)13-1-2-18-36-24-12-10-20-9-11-23(35)31-26(20)32-24/h3-8,10,12H,1-2,9,11,13-18H2,(H,31,32,35). The maximum Gasteiger partial charge on any atom is 0.417 e. The minimum absolute atomic E-state index is 0.0199. The Morgan fingerprint density at radius 2 is 1.72 bits per heavy atom. The fraction of sp³-hybridized carbons (Fsp3) is 0.407. The molecule has 9 heteroatoms. The molecule has 2 aliphatic rings. The van der Waals surface area contributed by atoms with Crippen LogP contribution in [0.25, 0.3) is 10.8 Å². The van der Waals surface area contributed by atoms with Crippen molar-refractivity contribution in [2.24, 2.45) is 0 Å². The summed E-state index contributed by atoms with van der Waals surface area (Å²) in [5.41, 5.74) is 1.11. The molecule has 190 valence electrons. The summed E-state index contributed by atoms with van der Waals surface area (Å²) >= 11 is 0. The molecule has 1 fully saturated rings. The number of nitrogens with one attached hydrogen (secondary N) is 1. The van der Waals surface area contributed by atoms with Crippen LogP contribution in [0.1, 0.15) is 30.4 Å². The van der Waals surface area contributed by atoms with E-state index in [2.05, 4.69) is 20.1 Å². The second-order valence-electron chi connectivity index (χ2n) is 9.27. The summed E-state index contributed by atoms with van der Waals surface area (Å²) in [6.07, 6.45) is -1.38. The highest BCUT2D eigenvalue weighted by atomic mass is 19.4. The van der Waals surface area contributed by atoms with Gasteiger partial charge >= 0.3 is 6.18 Å². The molecule has 0 unspecified atom stereocenters. The molecule has 0 spiro atoms. The van der Waals surface area contributed by atoms with Gasteiger partial charge in [0, 0.05) is 49.7 Å². The van der Waals surface area contributed by atoms with Gasteiger partial charge in [0.25, 0.3) is 0 Å². The monoisotopic (exact) mass is 498 g/mol. The van der Waals surface area contributed by atoms with Crippen LogP contribution in [0, 0.1) is 0 Å². The predicted octanol–water partition coefficient (Wildman–Crippen LogP) is 5.12. The molecule has 0 bridgehead atoms. The summed E-state index contributed by atoms with van der Waals surface area (Å²) in [5, 5.41) is 3.68.